The minimum Gasteiger partial charge on any atom is -0.493 e. The van der Waals surface area contributed by atoms with Gasteiger partial charge in [0.15, 0.2) is 26.9 Å². The number of carbonyl (C=O) groups excluding carboxylic acids is 1. The molecule has 0 spiro atoms. The smallest absolute Gasteiger partial charge is 0.289 e. The standard InChI is InChI=1S/C18H17NO6S/c1-23-15-6-2-4-12-8-16(25-17(12)15)18(20)19-9-14(10-19)26(21,22)11-13-5-3-7-24-13/h2-8,14H,9-11H2,1H3. The minimum atomic E-state index is -3.37. The number of carbonyl (C=O) groups is 1. The molecule has 136 valence electrons. The summed E-state index contributed by atoms with van der Waals surface area (Å²) in [5.41, 5.74) is 0.501. The second-order valence-electron chi connectivity index (χ2n) is 6.21. The first-order valence-electron chi connectivity index (χ1n) is 8.08. The van der Waals surface area contributed by atoms with Crippen LogP contribution in [0.15, 0.2) is 51.5 Å². The molecule has 2 aromatic heterocycles. The van der Waals surface area contributed by atoms with E-state index in [1.165, 1.54) is 18.3 Å². The molecular formula is C18H17NO6S. The highest BCUT2D eigenvalue weighted by Crippen LogP contribution is 2.30. The van der Waals surface area contributed by atoms with E-state index in [0.29, 0.717) is 17.1 Å². The van der Waals surface area contributed by atoms with Gasteiger partial charge < -0.3 is 18.5 Å². The largest absolute Gasteiger partial charge is 0.493 e. The van der Waals surface area contributed by atoms with Gasteiger partial charge >= 0.3 is 0 Å². The average molecular weight is 375 g/mol. The minimum absolute atomic E-state index is 0.149. The zero-order valence-corrected chi connectivity index (χ0v) is 14.9. The van der Waals surface area contributed by atoms with Crippen molar-refractivity contribution in [3.8, 4) is 5.75 Å². The molecule has 3 heterocycles. The summed E-state index contributed by atoms with van der Waals surface area (Å²) >= 11 is 0. The number of hydrogen-bond acceptors (Lipinski definition) is 6. The number of likely N-dealkylation sites (tertiary alicyclic amines) is 1. The third-order valence-corrected chi connectivity index (χ3v) is 6.51. The van der Waals surface area contributed by atoms with Crippen molar-refractivity contribution < 1.29 is 26.8 Å². The summed E-state index contributed by atoms with van der Waals surface area (Å²) < 4.78 is 40.7. The molecule has 1 aliphatic rings. The molecule has 1 saturated heterocycles. The third-order valence-electron chi connectivity index (χ3n) is 4.51. The quantitative estimate of drug-likeness (QED) is 0.680. The molecule has 4 rings (SSSR count). The van der Waals surface area contributed by atoms with Gasteiger partial charge in [-0.2, -0.15) is 0 Å². The number of ether oxygens (including phenoxy) is 1. The van der Waals surface area contributed by atoms with Gasteiger partial charge in [-0.3, -0.25) is 4.79 Å². The first-order valence-corrected chi connectivity index (χ1v) is 9.79. The second-order valence-corrected chi connectivity index (χ2v) is 8.49. The van der Waals surface area contributed by atoms with Gasteiger partial charge in [0, 0.05) is 18.5 Å². The molecule has 26 heavy (non-hydrogen) atoms. The summed E-state index contributed by atoms with van der Waals surface area (Å²) in [6.07, 6.45) is 1.44. The van der Waals surface area contributed by atoms with E-state index in [4.69, 9.17) is 13.6 Å². The summed E-state index contributed by atoms with van der Waals surface area (Å²) in [7, 11) is -1.84. The molecular weight excluding hydrogens is 358 g/mol. The highest BCUT2D eigenvalue weighted by Gasteiger charge is 2.41. The second kappa shape index (κ2) is 6.21. The van der Waals surface area contributed by atoms with Crippen molar-refractivity contribution in [1.29, 1.82) is 0 Å². The van der Waals surface area contributed by atoms with E-state index >= 15 is 0 Å². The van der Waals surface area contributed by atoms with E-state index in [2.05, 4.69) is 0 Å². The predicted molar refractivity (Wildman–Crippen MR) is 93.8 cm³/mol. The van der Waals surface area contributed by atoms with Crippen LogP contribution in [0.1, 0.15) is 16.3 Å². The molecule has 1 amide bonds. The van der Waals surface area contributed by atoms with Crippen molar-refractivity contribution >= 4 is 26.7 Å². The van der Waals surface area contributed by atoms with Crippen molar-refractivity contribution in [3.05, 3.63) is 54.2 Å². The van der Waals surface area contributed by atoms with Crippen LogP contribution >= 0.6 is 0 Å². The van der Waals surface area contributed by atoms with Gasteiger partial charge in [0.1, 0.15) is 11.5 Å². The molecule has 3 aromatic rings. The molecule has 0 saturated carbocycles. The van der Waals surface area contributed by atoms with Crippen LogP contribution in [0.5, 0.6) is 5.75 Å². The number of sulfone groups is 1. The first kappa shape index (κ1) is 16.7. The lowest BCUT2D eigenvalue weighted by Gasteiger charge is -2.37. The predicted octanol–water partition coefficient (Wildman–Crippen LogP) is 2.47. The van der Waals surface area contributed by atoms with Gasteiger partial charge in [0.2, 0.25) is 0 Å². The van der Waals surface area contributed by atoms with E-state index in [0.717, 1.165) is 5.39 Å². The van der Waals surface area contributed by atoms with Crippen LogP contribution in [0.25, 0.3) is 11.0 Å². The van der Waals surface area contributed by atoms with Gasteiger partial charge in [0.05, 0.1) is 18.6 Å². The Hall–Kier alpha value is -2.74. The average Bonchev–Trinajstić information content (AvgIpc) is 3.21. The molecule has 0 aliphatic carbocycles. The summed E-state index contributed by atoms with van der Waals surface area (Å²) in [6.45, 7) is 0.298. The molecule has 1 aromatic carbocycles. The maximum absolute atomic E-state index is 12.6. The lowest BCUT2D eigenvalue weighted by molar-refractivity contribution is 0.0628. The van der Waals surface area contributed by atoms with E-state index in [1.54, 1.807) is 24.3 Å². The van der Waals surface area contributed by atoms with Gasteiger partial charge in [0.25, 0.3) is 5.91 Å². The molecule has 0 radical (unpaired) electrons. The van der Waals surface area contributed by atoms with Gasteiger partial charge in [-0.05, 0) is 24.3 Å². The number of furan rings is 2. The molecule has 0 unspecified atom stereocenters. The Labute approximate surface area is 150 Å². The topological polar surface area (TPSA) is 90.0 Å². The first-order chi connectivity index (χ1) is 12.5. The van der Waals surface area contributed by atoms with Gasteiger partial charge in [-0.15, -0.1) is 0 Å². The van der Waals surface area contributed by atoms with Crippen LogP contribution in [-0.2, 0) is 15.6 Å². The molecule has 7 nitrogen and oxygen atoms in total. The Morgan fingerprint density at radius 2 is 2.08 bits per heavy atom. The van der Waals surface area contributed by atoms with E-state index < -0.39 is 15.1 Å². The number of amides is 1. The SMILES string of the molecule is COc1cccc2cc(C(=O)N3CC(S(=O)(=O)Cc4ccco4)C3)oc12. The zero-order valence-electron chi connectivity index (χ0n) is 14.0. The molecule has 0 atom stereocenters. The number of fused-ring (bicyclic) bond motifs is 1. The molecule has 8 heteroatoms. The van der Waals surface area contributed by atoms with Crippen molar-refractivity contribution in [2.75, 3.05) is 20.2 Å². The van der Waals surface area contributed by atoms with Crippen LogP contribution in [0, 0.1) is 0 Å². The van der Waals surface area contributed by atoms with Crippen molar-refractivity contribution in [3.63, 3.8) is 0 Å². The number of para-hydroxylation sites is 1. The number of benzene rings is 1. The maximum atomic E-state index is 12.6. The summed E-state index contributed by atoms with van der Waals surface area (Å²) in [5, 5.41) is 0.172. The fourth-order valence-electron chi connectivity index (χ4n) is 3.00. The van der Waals surface area contributed by atoms with Crippen LogP contribution in [-0.4, -0.2) is 44.7 Å². The van der Waals surface area contributed by atoms with Crippen LogP contribution in [0.3, 0.4) is 0 Å². The summed E-state index contributed by atoms with van der Waals surface area (Å²) in [4.78, 5) is 14.0. The van der Waals surface area contributed by atoms with Crippen molar-refractivity contribution in [2.45, 2.75) is 11.0 Å². The van der Waals surface area contributed by atoms with E-state index in [9.17, 15) is 13.2 Å². The highest BCUT2D eigenvalue weighted by atomic mass is 32.2. The Morgan fingerprint density at radius 1 is 1.27 bits per heavy atom. The summed E-state index contributed by atoms with van der Waals surface area (Å²) in [6, 6.07) is 10.3. The maximum Gasteiger partial charge on any atom is 0.289 e. The normalized spacial score (nSPS) is 15.2. The van der Waals surface area contributed by atoms with Gasteiger partial charge in [-0.1, -0.05) is 12.1 Å². The number of methoxy groups -OCH3 is 1. The van der Waals surface area contributed by atoms with Crippen molar-refractivity contribution in [2.24, 2.45) is 0 Å². The Balaban J connectivity index is 1.46. The third kappa shape index (κ3) is 2.86. The Kier molecular flexibility index (Phi) is 3.99. The van der Waals surface area contributed by atoms with Crippen LogP contribution in [0.4, 0.5) is 0 Å². The Morgan fingerprint density at radius 3 is 2.77 bits per heavy atom. The summed E-state index contributed by atoms with van der Waals surface area (Å²) in [5.74, 6) is 0.636. The lowest BCUT2D eigenvalue weighted by Crippen LogP contribution is -2.57. The fourth-order valence-corrected chi connectivity index (χ4v) is 4.61. The molecule has 1 aliphatic heterocycles. The Bertz CT molecular complexity index is 1040. The highest BCUT2D eigenvalue weighted by molar-refractivity contribution is 7.91. The molecule has 1 fully saturated rings. The lowest BCUT2D eigenvalue weighted by atomic mass is 10.2. The van der Waals surface area contributed by atoms with E-state index in [-0.39, 0.29) is 30.5 Å². The van der Waals surface area contributed by atoms with Crippen LogP contribution < -0.4 is 4.74 Å². The number of rotatable bonds is 5. The molecule has 0 bridgehead atoms. The number of nitrogens with zero attached hydrogens (tertiary/aromatic N) is 1. The van der Waals surface area contributed by atoms with E-state index in [1.807, 2.05) is 12.1 Å². The number of hydrogen-bond donors (Lipinski definition) is 0. The molecule has 0 N–H and O–H groups in total. The fraction of sp³-hybridized carbons (Fsp3) is 0.278. The zero-order chi connectivity index (χ0) is 18.3. The van der Waals surface area contributed by atoms with Crippen LogP contribution in [0.2, 0.25) is 0 Å². The van der Waals surface area contributed by atoms with Crippen molar-refractivity contribution in [1.82, 2.24) is 4.90 Å². The monoisotopic (exact) mass is 375 g/mol. The van der Waals surface area contributed by atoms with Gasteiger partial charge in [-0.25, -0.2) is 8.42 Å².